The molecule has 0 aliphatic carbocycles. The SMILES string of the molecule is CCN(CC)S(=O)(=O)c1ccc(C)c(NCc2ccc(OC(F)F)c(OC)c2)c1. The van der Waals surface area contributed by atoms with Gasteiger partial charge in [0.1, 0.15) is 0 Å². The second-order valence-corrected chi connectivity index (χ2v) is 8.22. The van der Waals surface area contributed by atoms with E-state index in [2.05, 4.69) is 10.1 Å². The summed E-state index contributed by atoms with van der Waals surface area (Å²) in [6, 6.07) is 9.59. The van der Waals surface area contributed by atoms with Crippen molar-refractivity contribution < 1.29 is 26.7 Å². The lowest BCUT2D eigenvalue weighted by molar-refractivity contribution is -0.0512. The summed E-state index contributed by atoms with van der Waals surface area (Å²) in [5, 5.41) is 3.20. The Labute approximate surface area is 170 Å². The average molecular weight is 429 g/mol. The fourth-order valence-electron chi connectivity index (χ4n) is 2.88. The first-order valence-corrected chi connectivity index (χ1v) is 10.6. The van der Waals surface area contributed by atoms with Crippen molar-refractivity contribution in [3.8, 4) is 11.5 Å². The lowest BCUT2D eigenvalue weighted by atomic mass is 10.1. The van der Waals surface area contributed by atoms with E-state index in [-0.39, 0.29) is 16.4 Å². The van der Waals surface area contributed by atoms with Gasteiger partial charge in [0, 0.05) is 25.3 Å². The minimum Gasteiger partial charge on any atom is -0.493 e. The third-order valence-corrected chi connectivity index (χ3v) is 6.53. The van der Waals surface area contributed by atoms with E-state index in [9.17, 15) is 17.2 Å². The second kappa shape index (κ2) is 9.89. The molecule has 0 aliphatic rings. The molecule has 2 aromatic carbocycles. The third kappa shape index (κ3) is 5.57. The first-order chi connectivity index (χ1) is 13.7. The van der Waals surface area contributed by atoms with Gasteiger partial charge in [-0.1, -0.05) is 26.0 Å². The highest BCUT2D eigenvalue weighted by Gasteiger charge is 2.22. The topological polar surface area (TPSA) is 67.9 Å². The van der Waals surface area contributed by atoms with Gasteiger partial charge in [-0.25, -0.2) is 8.42 Å². The summed E-state index contributed by atoms with van der Waals surface area (Å²) < 4.78 is 61.3. The molecule has 6 nitrogen and oxygen atoms in total. The fourth-order valence-corrected chi connectivity index (χ4v) is 4.36. The highest BCUT2D eigenvalue weighted by atomic mass is 32.2. The molecule has 0 fully saturated rings. The molecule has 0 unspecified atom stereocenters. The quantitative estimate of drug-likeness (QED) is 0.613. The fraction of sp³-hybridized carbons (Fsp3) is 0.400. The zero-order valence-corrected chi connectivity index (χ0v) is 17.7. The molecule has 0 heterocycles. The van der Waals surface area contributed by atoms with E-state index in [1.165, 1.54) is 17.5 Å². The van der Waals surface area contributed by atoms with Crippen LogP contribution in [0, 0.1) is 6.92 Å². The number of nitrogens with zero attached hydrogens (tertiary/aromatic N) is 1. The maximum atomic E-state index is 12.7. The normalized spacial score (nSPS) is 11.7. The van der Waals surface area contributed by atoms with Crippen LogP contribution >= 0.6 is 0 Å². The number of aryl methyl sites for hydroxylation is 1. The Bertz CT molecular complexity index is 932. The monoisotopic (exact) mass is 428 g/mol. The Balaban J connectivity index is 2.23. The maximum absolute atomic E-state index is 12.7. The molecule has 9 heteroatoms. The van der Waals surface area contributed by atoms with Crippen LogP contribution in [0.5, 0.6) is 11.5 Å². The largest absolute Gasteiger partial charge is 0.493 e. The zero-order valence-electron chi connectivity index (χ0n) is 16.9. The van der Waals surface area contributed by atoms with Crippen LogP contribution in [0.2, 0.25) is 0 Å². The summed E-state index contributed by atoms with van der Waals surface area (Å²) >= 11 is 0. The lowest BCUT2D eigenvalue weighted by Gasteiger charge is -2.20. The van der Waals surface area contributed by atoms with Gasteiger partial charge in [0.15, 0.2) is 11.5 Å². The summed E-state index contributed by atoms with van der Waals surface area (Å²) in [5.41, 5.74) is 2.32. The molecule has 0 saturated heterocycles. The van der Waals surface area contributed by atoms with Gasteiger partial charge in [0.05, 0.1) is 12.0 Å². The standard InChI is InChI=1S/C20H26F2N2O4S/c1-5-24(6-2)29(25,26)16-9-7-14(3)17(12-16)23-13-15-8-10-18(28-20(21)22)19(11-15)27-4/h7-12,20,23H,5-6,13H2,1-4H3. The Kier molecular flexibility index (Phi) is 7.80. The zero-order chi connectivity index (χ0) is 21.6. The van der Waals surface area contributed by atoms with Crippen molar-refractivity contribution in [3.05, 3.63) is 47.5 Å². The van der Waals surface area contributed by atoms with E-state index in [0.717, 1.165) is 11.1 Å². The second-order valence-electron chi connectivity index (χ2n) is 6.28. The molecular formula is C20H26F2N2O4S. The van der Waals surface area contributed by atoms with E-state index in [4.69, 9.17) is 4.74 Å². The van der Waals surface area contributed by atoms with Gasteiger partial charge in [-0.3, -0.25) is 0 Å². The molecule has 2 aromatic rings. The highest BCUT2D eigenvalue weighted by Crippen LogP contribution is 2.30. The van der Waals surface area contributed by atoms with Gasteiger partial charge < -0.3 is 14.8 Å². The van der Waals surface area contributed by atoms with E-state index >= 15 is 0 Å². The molecule has 0 aromatic heterocycles. The van der Waals surface area contributed by atoms with Crippen molar-refractivity contribution >= 4 is 15.7 Å². The number of sulfonamides is 1. The smallest absolute Gasteiger partial charge is 0.387 e. The first kappa shape index (κ1) is 22.9. The summed E-state index contributed by atoms with van der Waals surface area (Å²) in [6.07, 6.45) is 0. The van der Waals surface area contributed by atoms with E-state index in [0.29, 0.717) is 25.3 Å². The van der Waals surface area contributed by atoms with Crippen molar-refractivity contribution in [2.45, 2.75) is 38.8 Å². The van der Waals surface area contributed by atoms with Gasteiger partial charge in [0.2, 0.25) is 10.0 Å². The van der Waals surface area contributed by atoms with Crippen LogP contribution in [0.25, 0.3) is 0 Å². The molecule has 2 rings (SSSR count). The van der Waals surface area contributed by atoms with Crippen molar-refractivity contribution in [1.82, 2.24) is 4.31 Å². The predicted octanol–water partition coefficient (Wildman–Crippen LogP) is 4.25. The predicted molar refractivity (Wildman–Crippen MR) is 108 cm³/mol. The number of ether oxygens (including phenoxy) is 2. The minimum atomic E-state index is -3.57. The summed E-state index contributed by atoms with van der Waals surface area (Å²) in [5.74, 6) is 0.147. The molecule has 0 bridgehead atoms. The molecule has 0 atom stereocenters. The van der Waals surface area contributed by atoms with Crippen molar-refractivity contribution in [2.24, 2.45) is 0 Å². The number of alkyl halides is 2. The number of anilines is 1. The average Bonchev–Trinajstić information content (AvgIpc) is 2.68. The van der Waals surface area contributed by atoms with Gasteiger partial charge in [-0.05, 0) is 42.3 Å². The van der Waals surface area contributed by atoms with Crippen molar-refractivity contribution in [1.29, 1.82) is 0 Å². The number of hydrogen-bond acceptors (Lipinski definition) is 5. The summed E-state index contributed by atoms with van der Waals surface area (Å²) in [6.45, 7) is 3.65. The summed E-state index contributed by atoms with van der Waals surface area (Å²) in [4.78, 5) is 0.215. The van der Waals surface area contributed by atoms with E-state index < -0.39 is 16.6 Å². The number of hydrogen-bond donors (Lipinski definition) is 1. The van der Waals surface area contributed by atoms with Crippen LogP contribution in [0.1, 0.15) is 25.0 Å². The molecular weight excluding hydrogens is 402 g/mol. The van der Waals surface area contributed by atoms with Crippen molar-refractivity contribution in [2.75, 3.05) is 25.5 Å². The Morgan fingerprint density at radius 1 is 1.07 bits per heavy atom. The van der Waals surface area contributed by atoms with Gasteiger partial charge >= 0.3 is 6.61 Å². The lowest BCUT2D eigenvalue weighted by Crippen LogP contribution is -2.30. The molecule has 29 heavy (non-hydrogen) atoms. The van der Waals surface area contributed by atoms with E-state index in [1.807, 2.05) is 6.92 Å². The Morgan fingerprint density at radius 2 is 1.76 bits per heavy atom. The van der Waals surface area contributed by atoms with Gasteiger partial charge in [-0.15, -0.1) is 0 Å². The van der Waals surface area contributed by atoms with Crippen LogP contribution in [-0.4, -0.2) is 39.5 Å². The molecule has 0 aliphatic heterocycles. The molecule has 0 amide bonds. The highest BCUT2D eigenvalue weighted by molar-refractivity contribution is 7.89. The van der Waals surface area contributed by atoms with Crippen LogP contribution in [0.15, 0.2) is 41.3 Å². The molecule has 0 spiro atoms. The molecule has 0 radical (unpaired) electrons. The molecule has 0 saturated carbocycles. The maximum Gasteiger partial charge on any atom is 0.387 e. The van der Waals surface area contributed by atoms with Crippen LogP contribution in [0.4, 0.5) is 14.5 Å². The number of rotatable bonds is 10. The Hall–Kier alpha value is -2.39. The molecule has 1 N–H and O–H groups in total. The van der Waals surface area contributed by atoms with Crippen LogP contribution < -0.4 is 14.8 Å². The first-order valence-electron chi connectivity index (χ1n) is 9.19. The van der Waals surface area contributed by atoms with Crippen molar-refractivity contribution in [3.63, 3.8) is 0 Å². The Morgan fingerprint density at radius 3 is 2.34 bits per heavy atom. The number of nitrogens with one attached hydrogen (secondary N) is 1. The number of methoxy groups -OCH3 is 1. The third-order valence-electron chi connectivity index (χ3n) is 4.48. The van der Waals surface area contributed by atoms with Crippen LogP contribution in [-0.2, 0) is 16.6 Å². The molecule has 160 valence electrons. The summed E-state index contributed by atoms with van der Waals surface area (Å²) in [7, 11) is -2.19. The number of benzene rings is 2. The van der Waals surface area contributed by atoms with E-state index in [1.54, 1.807) is 44.2 Å². The van der Waals surface area contributed by atoms with Crippen LogP contribution in [0.3, 0.4) is 0 Å². The van der Waals surface area contributed by atoms with Gasteiger partial charge in [0.25, 0.3) is 0 Å². The number of halogens is 2. The van der Waals surface area contributed by atoms with Gasteiger partial charge in [-0.2, -0.15) is 13.1 Å². The minimum absolute atomic E-state index is 0.0465.